The standard InChI is InChI=1S/C14H20FN3O3/c15-12-3-2-11(17-14(16)19)10-13(12)21-7-1-4-18-5-8-20-9-6-18/h2-3,10H,1,4-9H2,(H3,16,17,19). The number of nitrogens with zero attached hydrogens (tertiary/aromatic N) is 1. The van der Waals surface area contributed by atoms with Crippen LogP contribution in [0.4, 0.5) is 14.9 Å². The molecule has 116 valence electrons. The van der Waals surface area contributed by atoms with Crippen LogP contribution in [0, 0.1) is 5.82 Å². The molecule has 2 rings (SSSR count). The van der Waals surface area contributed by atoms with Gasteiger partial charge in [0.05, 0.1) is 19.8 Å². The van der Waals surface area contributed by atoms with E-state index in [-0.39, 0.29) is 5.75 Å². The largest absolute Gasteiger partial charge is 0.490 e. The van der Waals surface area contributed by atoms with Crippen LogP contribution >= 0.6 is 0 Å². The van der Waals surface area contributed by atoms with Crippen LogP contribution in [0.2, 0.25) is 0 Å². The predicted molar refractivity (Wildman–Crippen MR) is 77.0 cm³/mol. The third kappa shape index (κ3) is 5.20. The van der Waals surface area contributed by atoms with Crippen LogP contribution in [0.25, 0.3) is 0 Å². The molecule has 1 aromatic carbocycles. The molecule has 0 radical (unpaired) electrons. The van der Waals surface area contributed by atoms with E-state index in [1.165, 1.54) is 18.2 Å². The van der Waals surface area contributed by atoms with Crippen LogP contribution in [0.5, 0.6) is 5.75 Å². The maximum atomic E-state index is 13.6. The number of halogens is 1. The number of urea groups is 1. The zero-order chi connectivity index (χ0) is 15.1. The first kappa shape index (κ1) is 15.5. The van der Waals surface area contributed by atoms with E-state index in [0.29, 0.717) is 12.3 Å². The molecule has 1 saturated heterocycles. The van der Waals surface area contributed by atoms with Crippen LogP contribution in [0.1, 0.15) is 6.42 Å². The maximum Gasteiger partial charge on any atom is 0.316 e. The summed E-state index contributed by atoms with van der Waals surface area (Å²) in [5.41, 5.74) is 5.43. The van der Waals surface area contributed by atoms with Crippen molar-refractivity contribution >= 4 is 11.7 Å². The van der Waals surface area contributed by atoms with Crippen molar-refractivity contribution in [1.82, 2.24) is 4.90 Å². The van der Waals surface area contributed by atoms with Crippen molar-refractivity contribution < 1.29 is 18.7 Å². The molecule has 1 heterocycles. The monoisotopic (exact) mass is 297 g/mol. The summed E-state index contributed by atoms with van der Waals surface area (Å²) in [7, 11) is 0. The topological polar surface area (TPSA) is 76.8 Å². The summed E-state index contributed by atoms with van der Waals surface area (Å²) >= 11 is 0. The third-order valence-corrected chi connectivity index (χ3v) is 3.18. The van der Waals surface area contributed by atoms with Crippen molar-refractivity contribution in [2.75, 3.05) is 44.8 Å². The number of amides is 2. The molecule has 7 heteroatoms. The molecule has 6 nitrogen and oxygen atoms in total. The first-order valence-electron chi connectivity index (χ1n) is 6.94. The zero-order valence-corrected chi connectivity index (χ0v) is 11.8. The van der Waals surface area contributed by atoms with E-state index >= 15 is 0 Å². The molecule has 1 aliphatic heterocycles. The molecule has 0 aromatic heterocycles. The molecule has 0 unspecified atom stereocenters. The molecule has 3 N–H and O–H groups in total. The smallest absolute Gasteiger partial charge is 0.316 e. The Morgan fingerprint density at radius 1 is 1.43 bits per heavy atom. The lowest BCUT2D eigenvalue weighted by Gasteiger charge is -2.26. The minimum Gasteiger partial charge on any atom is -0.490 e. The molecule has 1 fully saturated rings. The fourth-order valence-electron chi connectivity index (χ4n) is 2.13. The van der Waals surface area contributed by atoms with Crippen molar-refractivity contribution in [2.24, 2.45) is 5.73 Å². The second-order valence-corrected chi connectivity index (χ2v) is 4.79. The number of anilines is 1. The van der Waals surface area contributed by atoms with Gasteiger partial charge in [-0.25, -0.2) is 9.18 Å². The van der Waals surface area contributed by atoms with Crippen molar-refractivity contribution in [3.05, 3.63) is 24.0 Å². The Bertz CT molecular complexity index is 479. The number of benzene rings is 1. The summed E-state index contributed by atoms with van der Waals surface area (Å²) < 4.78 is 24.3. The Kier molecular flexibility index (Phi) is 5.77. The molecule has 1 aromatic rings. The van der Waals surface area contributed by atoms with Crippen LogP contribution in [0.15, 0.2) is 18.2 Å². The van der Waals surface area contributed by atoms with E-state index in [9.17, 15) is 9.18 Å². The highest BCUT2D eigenvalue weighted by molar-refractivity contribution is 5.87. The molecular formula is C14H20FN3O3. The molecular weight excluding hydrogens is 277 g/mol. The van der Waals surface area contributed by atoms with E-state index in [1.807, 2.05) is 0 Å². The summed E-state index contributed by atoms with van der Waals surface area (Å²) in [4.78, 5) is 13.0. The van der Waals surface area contributed by atoms with Gasteiger partial charge in [-0.1, -0.05) is 0 Å². The normalized spacial score (nSPS) is 15.7. The van der Waals surface area contributed by atoms with Crippen molar-refractivity contribution in [3.63, 3.8) is 0 Å². The first-order valence-corrected chi connectivity index (χ1v) is 6.94. The molecule has 21 heavy (non-hydrogen) atoms. The number of rotatable bonds is 6. The average molecular weight is 297 g/mol. The molecule has 0 atom stereocenters. The number of nitrogens with one attached hydrogen (secondary N) is 1. The van der Waals surface area contributed by atoms with Gasteiger partial charge in [-0.05, 0) is 18.6 Å². The number of carbonyl (C=O) groups excluding carboxylic acids is 1. The molecule has 2 amide bonds. The van der Waals surface area contributed by atoms with E-state index in [2.05, 4.69) is 10.2 Å². The number of hydrogen-bond acceptors (Lipinski definition) is 4. The highest BCUT2D eigenvalue weighted by Crippen LogP contribution is 2.22. The van der Waals surface area contributed by atoms with Gasteiger partial charge in [0.25, 0.3) is 0 Å². The zero-order valence-electron chi connectivity index (χ0n) is 11.8. The number of carbonyl (C=O) groups is 1. The quantitative estimate of drug-likeness (QED) is 0.779. The van der Waals surface area contributed by atoms with Gasteiger partial charge in [-0.3, -0.25) is 4.90 Å². The van der Waals surface area contributed by atoms with Gasteiger partial charge in [0.2, 0.25) is 0 Å². The SMILES string of the molecule is NC(=O)Nc1ccc(F)c(OCCCN2CCOCC2)c1. The highest BCUT2D eigenvalue weighted by Gasteiger charge is 2.10. The number of morpholine rings is 1. The highest BCUT2D eigenvalue weighted by atomic mass is 19.1. The van der Waals surface area contributed by atoms with Crippen LogP contribution in [-0.2, 0) is 4.74 Å². The number of hydrogen-bond donors (Lipinski definition) is 2. The number of nitrogens with two attached hydrogens (primary N) is 1. The van der Waals surface area contributed by atoms with Gasteiger partial charge < -0.3 is 20.5 Å². The van der Waals surface area contributed by atoms with Crippen LogP contribution in [0.3, 0.4) is 0 Å². The van der Waals surface area contributed by atoms with Crippen molar-refractivity contribution in [2.45, 2.75) is 6.42 Å². The van der Waals surface area contributed by atoms with E-state index in [4.69, 9.17) is 15.2 Å². The molecule has 0 bridgehead atoms. The van der Waals surface area contributed by atoms with Crippen LogP contribution < -0.4 is 15.8 Å². The minimum atomic E-state index is -0.695. The van der Waals surface area contributed by atoms with Gasteiger partial charge in [0.15, 0.2) is 11.6 Å². The molecule has 0 aliphatic carbocycles. The van der Waals surface area contributed by atoms with Gasteiger partial charge in [-0.2, -0.15) is 0 Å². The third-order valence-electron chi connectivity index (χ3n) is 3.18. The fraction of sp³-hybridized carbons (Fsp3) is 0.500. The van der Waals surface area contributed by atoms with Crippen molar-refractivity contribution in [1.29, 1.82) is 0 Å². The Morgan fingerprint density at radius 3 is 2.90 bits per heavy atom. The van der Waals surface area contributed by atoms with Gasteiger partial charge >= 0.3 is 6.03 Å². The van der Waals surface area contributed by atoms with Gasteiger partial charge in [0, 0.05) is 31.4 Å². The molecule has 1 aliphatic rings. The lowest BCUT2D eigenvalue weighted by atomic mass is 10.3. The summed E-state index contributed by atoms with van der Waals surface area (Å²) in [5.74, 6) is -0.348. The Hall–Kier alpha value is -1.86. The number of primary amides is 1. The summed E-state index contributed by atoms with van der Waals surface area (Å²) in [6.07, 6.45) is 0.799. The second-order valence-electron chi connectivity index (χ2n) is 4.79. The Balaban J connectivity index is 1.77. The second kappa shape index (κ2) is 7.80. The fourth-order valence-corrected chi connectivity index (χ4v) is 2.13. The predicted octanol–water partition coefficient (Wildman–Crippen LogP) is 1.42. The van der Waals surface area contributed by atoms with E-state index in [0.717, 1.165) is 39.3 Å². The molecule has 0 spiro atoms. The first-order chi connectivity index (χ1) is 10.1. The summed E-state index contributed by atoms with van der Waals surface area (Å²) in [6, 6.07) is 3.40. The Morgan fingerprint density at radius 2 is 2.19 bits per heavy atom. The lowest BCUT2D eigenvalue weighted by Crippen LogP contribution is -2.37. The maximum absolute atomic E-state index is 13.6. The van der Waals surface area contributed by atoms with Gasteiger partial charge in [0.1, 0.15) is 0 Å². The minimum absolute atomic E-state index is 0.114. The van der Waals surface area contributed by atoms with Gasteiger partial charge in [-0.15, -0.1) is 0 Å². The summed E-state index contributed by atoms with van der Waals surface area (Å²) in [6.45, 7) is 4.67. The average Bonchev–Trinajstić information content (AvgIpc) is 2.47. The lowest BCUT2D eigenvalue weighted by molar-refractivity contribution is 0.0357. The number of ether oxygens (including phenoxy) is 2. The summed E-state index contributed by atoms with van der Waals surface area (Å²) in [5, 5.41) is 2.38. The van der Waals surface area contributed by atoms with E-state index < -0.39 is 11.8 Å². The molecule has 0 saturated carbocycles. The van der Waals surface area contributed by atoms with Crippen molar-refractivity contribution in [3.8, 4) is 5.75 Å². The van der Waals surface area contributed by atoms with E-state index in [1.54, 1.807) is 0 Å². The Labute approximate surface area is 123 Å². The van der Waals surface area contributed by atoms with Crippen LogP contribution in [-0.4, -0.2) is 50.4 Å².